The first kappa shape index (κ1) is 23.7. The Balaban J connectivity index is 1.24. The molecule has 0 radical (unpaired) electrons. The van der Waals surface area contributed by atoms with E-state index < -0.39 is 0 Å². The van der Waals surface area contributed by atoms with Crippen molar-refractivity contribution in [1.29, 1.82) is 0 Å². The standard InChI is InChI=1S/C27H34ClN3O2/c1-3-4-15-33-24-8-5-20(6-9-24)17-29-27(32)21-11-13-31(14-12-21)19-22-18-30(2)26-10-7-23(28)16-25(22)26/h5-10,16,18,21H,3-4,11-15,17,19H2,1-2H3,(H,29,32). The van der Waals surface area contributed by atoms with Crippen molar-refractivity contribution in [3.63, 3.8) is 0 Å². The van der Waals surface area contributed by atoms with Gasteiger partial charge in [-0.25, -0.2) is 0 Å². The number of halogens is 1. The van der Waals surface area contributed by atoms with Crippen molar-refractivity contribution in [2.75, 3.05) is 19.7 Å². The zero-order valence-electron chi connectivity index (χ0n) is 19.6. The van der Waals surface area contributed by atoms with E-state index in [0.29, 0.717) is 6.54 Å². The summed E-state index contributed by atoms with van der Waals surface area (Å²) in [5.41, 5.74) is 3.59. The van der Waals surface area contributed by atoms with E-state index >= 15 is 0 Å². The molecule has 2 heterocycles. The fourth-order valence-corrected chi connectivity index (χ4v) is 4.71. The number of fused-ring (bicyclic) bond motifs is 1. The Morgan fingerprint density at radius 1 is 1.15 bits per heavy atom. The van der Waals surface area contributed by atoms with Crippen LogP contribution in [0.1, 0.15) is 43.7 Å². The van der Waals surface area contributed by atoms with E-state index in [-0.39, 0.29) is 11.8 Å². The van der Waals surface area contributed by atoms with Crippen molar-refractivity contribution >= 4 is 28.4 Å². The van der Waals surface area contributed by atoms with Gasteiger partial charge in [-0.15, -0.1) is 0 Å². The molecule has 0 saturated carbocycles. The summed E-state index contributed by atoms with van der Waals surface area (Å²) in [5, 5.41) is 5.10. The van der Waals surface area contributed by atoms with Crippen molar-refractivity contribution in [3.8, 4) is 5.75 Å². The maximum atomic E-state index is 12.7. The van der Waals surface area contributed by atoms with Crippen LogP contribution in [0.5, 0.6) is 5.75 Å². The van der Waals surface area contributed by atoms with Crippen LogP contribution in [0.3, 0.4) is 0 Å². The SMILES string of the molecule is CCCCOc1ccc(CNC(=O)C2CCN(Cc3cn(C)c4ccc(Cl)cc34)CC2)cc1. The van der Waals surface area contributed by atoms with Crippen LogP contribution < -0.4 is 10.1 Å². The predicted molar refractivity (Wildman–Crippen MR) is 135 cm³/mol. The Bertz CT molecular complexity index is 1070. The molecule has 2 aromatic carbocycles. The summed E-state index contributed by atoms with van der Waals surface area (Å²) in [6, 6.07) is 14.1. The first-order valence-corrected chi connectivity index (χ1v) is 12.4. The van der Waals surface area contributed by atoms with Gasteiger partial charge in [-0.2, -0.15) is 0 Å². The second kappa shape index (κ2) is 11.1. The molecule has 0 spiro atoms. The number of carbonyl (C=O) groups is 1. The van der Waals surface area contributed by atoms with Crippen molar-refractivity contribution in [2.45, 2.75) is 45.7 Å². The van der Waals surface area contributed by atoms with Crippen LogP contribution in [0, 0.1) is 5.92 Å². The summed E-state index contributed by atoms with van der Waals surface area (Å²) < 4.78 is 7.86. The number of amides is 1. The smallest absolute Gasteiger partial charge is 0.223 e. The number of rotatable bonds is 9. The molecule has 0 atom stereocenters. The van der Waals surface area contributed by atoms with E-state index in [4.69, 9.17) is 16.3 Å². The van der Waals surface area contributed by atoms with Crippen LogP contribution in [0.4, 0.5) is 0 Å². The van der Waals surface area contributed by atoms with E-state index in [9.17, 15) is 4.79 Å². The number of carbonyl (C=O) groups excluding carboxylic acids is 1. The second-order valence-electron chi connectivity index (χ2n) is 9.04. The average Bonchev–Trinajstić information content (AvgIpc) is 3.13. The molecule has 1 N–H and O–H groups in total. The molecule has 1 aliphatic rings. The predicted octanol–water partition coefficient (Wildman–Crippen LogP) is 5.54. The highest BCUT2D eigenvalue weighted by Crippen LogP contribution is 2.27. The Labute approximate surface area is 201 Å². The van der Waals surface area contributed by atoms with Crippen LogP contribution in [-0.2, 0) is 24.9 Å². The third-order valence-corrected chi connectivity index (χ3v) is 6.78. The van der Waals surface area contributed by atoms with E-state index in [1.807, 2.05) is 30.3 Å². The number of nitrogens with zero attached hydrogens (tertiary/aromatic N) is 2. The third kappa shape index (κ3) is 6.10. The molecule has 0 aliphatic carbocycles. The minimum Gasteiger partial charge on any atom is -0.494 e. The minimum atomic E-state index is 0.0832. The number of benzene rings is 2. The minimum absolute atomic E-state index is 0.0832. The molecular formula is C27H34ClN3O2. The average molecular weight is 468 g/mol. The van der Waals surface area contributed by atoms with Gasteiger partial charge in [-0.05, 0) is 73.8 Å². The van der Waals surface area contributed by atoms with Gasteiger partial charge < -0.3 is 14.6 Å². The molecule has 0 unspecified atom stereocenters. The fourth-order valence-electron chi connectivity index (χ4n) is 4.54. The Kier molecular flexibility index (Phi) is 7.94. The molecule has 1 aromatic heterocycles. The molecule has 4 rings (SSSR count). The monoisotopic (exact) mass is 467 g/mol. The number of unbranched alkanes of at least 4 members (excludes halogenated alkanes) is 1. The van der Waals surface area contributed by atoms with Crippen molar-refractivity contribution in [2.24, 2.45) is 13.0 Å². The first-order valence-electron chi connectivity index (χ1n) is 12.0. The zero-order valence-corrected chi connectivity index (χ0v) is 20.4. The van der Waals surface area contributed by atoms with Crippen LogP contribution in [0.2, 0.25) is 5.02 Å². The Morgan fingerprint density at radius 3 is 2.64 bits per heavy atom. The highest BCUT2D eigenvalue weighted by atomic mass is 35.5. The van der Waals surface area contributed by atoms with Gasteiger partial charge in [0.1, 0.15) is 5.75 Å². The topological polar surface area (TPSA) is 46.5 Å². The van der Waals surface area contributed by atoms with Gasteiger partial charge in [0, 0.05) is 48.2 Å². The second-order valence-corrected chi connectivity index (χ2v) is 9.48. The molecule has 3 aromatic rings. The van der Waals surface area contributed by atoms with Gasteiger partial charge in [-0.3, -0.25) is 9.69 Å². The summed E-state index contributed by atoms with van der Waals surface area (Å²) in [4.78, 5) is 15.2. The van der Waals surface area contributed by atoms with Gasteiger partial charge in [0.25, 0.3) is 0 Å². The molecule has 0 bridgehead atoms. The largest absolute Gasteiger partial charge is 0.494 e. The van der Waals surface area contributed by atoms with Crippen molar-refractivity contribution < 1.29 is 9.53 Å². The fraction of sp³-hybridized carbons (Fsp3) is 0.444. The number of hydrogen-bond acceptors (Lipinski definition) is 3. The van der Waals surface area contributed by atoms with Gasteiger partial charge in [-0.1, -0.05) is 37.1 Å². The molecule has 33 heavy (non-hydrogen) atoms. The summed E-state index contributed by atoms with van der Waals surface area (Å²) in [6.07, 6.45) is 6.16. The molecule has 6 heteroatoms. The number of likely N-dealkylation sites (tertiary alicyclic amines) is 1. The van der Waals surface area contributed by atoms with Gasteiger partial charge >= 0.3 is 0 Å². The summed E-state index contributed by atoms with van der Waals surface area (Å²) in [7, 11) is 2.07. The number of aryl methyl sites for hydroxylation is 1. The lowest BCUT2D eigenvalue weighted by Crippen LogP contribution is -2.40. The van der Waals surface area contributed by atoms with E-state index in [0.717, 1.165) is 68.3 Å². The van der Waals surface area contributed by atoms with E-state index in [2.05, 4.69) is 47.1 Å². The van der Waals surface area contributed by atoms with Crippen LogP contribution in [0.25, 0.3) is 10.9 Å². The van der Waals surface area contributed by atoms with Crippen LogP contribution in [0.15, 0.2) is 48.7 Å². The van der Waals surface area contributed by atoms with E-state index in [1.165, 1.54) is 16.5 Å². The van der Waals surface area contributed by atoms with Gasteiger partial charge in [0.05, 0.1) is 6.61 Å². The third-order valence-electron chi connectivity index (χ3n) is 6.54. The lowest BCUT2D eigenvalue weighted by atomic mass is 9.95. The van der Waals surface area contributed by atoms with Crippen LogP contribution >= 0.6 is 11.6 Å². The molecular weight excluding hydrogens is 434 g/mol. The first-order chi connectivity index (χ1) is 16.0. The number of aromatic nitrogens is 1. The summed E-state index contributed by atoms with van der Waals surface area (Å²) >= 11 is 6.23. The molecule has 1 saturated heterocycles. The van der Waals surface area contributed by atoms with Crippen molar-refractivity contribution in [1.82, 2.24) is 14.8 Å². The van der Waals surface area contributed by atoms with Crippen LogP contribution in [-0.4, -0.2) is 35.1 Å². The molecule has 176 valence electrons. The Morgan fingerprint density at radius 2 is 1.91 bits per heavy atom. The molecule has 1 amide bonds. The van der Waals surface area contributed by atoms with Gasteiger partial charge in [0.2, 0.25) is 5.91 Å². The molecule has 1 fully saturated rings. The summed E-state index contributed by atoms with van der Waals surface area (Å²) in [6.45, 7) is 6.21. The number of hydrogen-bond donors (Lipinski definition) is 1. The maximum absolute atomic E-state index is 12.7. The number of nitrogens with one attached hydrogen (secondary N) is 1. The normalized spacial score (nSPS) is 15.1. The molecule has 1 aliphatic heterocycles. The quantitative estimate of drug-likeness (QED) is 0.420. The Hall–Kier alpha value is -2.50. The zero-order chi connectivity index (χ0) is 23.2. The lowest BCUT2D eigenvalue weighted by Gasteiger charge is -2.31. The molecule has 5 nitrogen and oxygen atoms in total. The highest BCUT2D eigenvalue weighted by Gasteiger charge is 2.25. The van der Waals surface area contributed by atoms with E-state index in [1.54, 1.807) is 0 Å². The van der Waals surface area contributed by atoms with Crippen molar-refractivity contribution in [3.05, 3.63) is 64.8 Å². The number of ether oxygens (including phenoxy) is 1. The lowest BCUT2D eigenvalue weighted by molar-refractivity contribution is -0.126. The highest BCUT2D eigenvalue weighted by molar-refractivity contribution is 6.31. The van der Waals surface area contributed by atoms with Gasteiger partial charge in [0.15, 0.2) is 0 Å². The number of piperidine rings is 1. The summed E-state index contributed by atoms with van der Waals surface area (Å²) in [5.74, 6) is 1.13. The maximum Gasteiger partial charge on any atom is 0.223 e.